The summed E-state index contributed by atoms with van der Waals surface area (Å²) in [7, 11) is -1.87. The summed E-state index contributed by atoms with van der Waals surface area (Å²) in [6.45, 7) is 0. The summed E-state index contributed by atoms with van der Waals surface area (Å²) in [5.41, 5.74) is 0. The summed E-state index contributed by atoms with van der Waals surface area (Å²) >= 11 is 2.45. The zero-order chi connectivity index (χ0) is 9.90. The molecule has 0 spiro atoms. The molecule has 0 saturated heterocycles. The molecule has 13 heavy (non-hydrogen) atoms. The highest BCUT2D eigenvalue weighted by molar-refractivity contribution is 14.1. The van der Waals surface area contributed by atoms with E-state index in [-0.39, 0.29) is 0 Å². The second-order valence-electron chi connectivity index (χ2n) is 4.12. The third-order valence-corrected chi connectivity index (χ3v) is 4.49. The fraction of sp³-hybridized carbons (Fsp3) is 1.00. The van der Waals surface area contributed by atoms with Crippen LogP contribution in [0, 0.1) is 5.92 Å². The number of halogens is 1. The first kappa shape index (κ1) is 11.8. The molecule has 2 nitrogen and oxygen atoms in total. The van der Waals surface area contributed by atoms with Gasteiger partial charge in [0.25, 0.3) is 0 Å². The summed E-state index contributed by atoms with van der Waals surface area (Å²) in [4.78, 5) is 0. The fourth-order valence-electron chi connectivity index (χ4n) is 1.76. The van der Waals surface area contributed by atoms with E-state index in [4.69, 9.17) is 0 Å². The molecule has 1 rings (SSSR count). The molecule has 0 amide bonds. The number of nitrogens with zero attached hydrogens (tertiary/aromatic N) is 1. The molecule has 0 aromatic carbocycles. The maximum absolute atomic E-state index is 11.4. The van der Waals surface area contributed by atoms with Gasteiger partial charge in [0.15, 0.2) is 0 Å². The van der Waals surface area contributed by atoms with Gasteiger partial charge in [-0.2, -0.15) is 0 Å². The smallest absolute Gasteiger partial charge is 0.0594 e. The normalized spacial score (nSPS) is 30.1. The molecule has 0 aromatic heterocycles. The van der Waals surface area contributed by atoms with Crippen LogP contribution < -0.4 is 0 Å². The van der Waals surface area contributed by atoms with Crippen molar-refractivity contribution in [2.75, 3.05) is 16.9 Å². The predicted octanol–water partition coefficient (Wildman–Crippen LogP) is 2.71. The molecule has 0 heterocycles. The average Bonchev–Trinajstić information content (AvgIpc) is 2.03. The molecule has 0 unspecified atom stereocenters. The lowest BCUT2D eigenvalue weighted by atomic mass is 9.88. The van der Waals surface area contributed by atoms with Gasteiger partial charge < -0.3 is 0 Å². The molecule has 1 fully saturated rings. The molecule has 4 heteroatoms. The number of hydrogen-bond acceptors (Lipinski definition) is 2. The zero-order valence-corrected chi connectivity index (χ0v) is 11.3. The van der Waals surface area contributed by atoms with Gasteiger partial charge in [0.1, 0.15) is 0 Å². The molecule has 0 radical (unpaired) electrons. The van der Waals surface area contributed by atoms with Crippen LogP contribution in [0.1, 0.15) is 25.7 Å². The molecule has 0 aromatic rings. The highest BCUT2D eigenvalue weighted by atomic mass is 127. The summed E-state index contributed by atoms with van der Waals surface area (Å²) < 4.78 is 17.1. The van der Waals surface area contributed by atoms with Crippen molar-refractivity contribution in [2.45, 2.75) is 31.7 Å². The van der Waals surface area contributed by atoms with Crippen LogP contribution in [0.15, 0.2) is 4.36 Å². The van der Waals surface area contributed by atoms with Crippen LogP contribution in [-0.2, 0) is 9.73 Å². The van der Waals surface area contributed by atoms with Crippen LogP contribution in [0.4, 0.5) is 0 Å². The third kappa shape index (κ3) is 4.63. The van der Waals surface area contributed by atoms with Gasteiger partial charge in [0, 0.05) is 26.7 Å². The minimum atomic E-state index is -1.87. The van der Waals surface area contributed by atoms with Gasteiger partial charge in [0.2, 0.25) is 0 Å². The summed E-state index contributed by atoms with van der Waals surface area (Å²) in [6.07, 6.45) is 8.30. The van der Waals surface area contributed by atoms with E-state index in [1.807, 2.05) is 0 Å². The maximum Gasteiger partial charge on any atom is 0.0594 e. The number of hydrogen-bond donors (Lipinski definition) is 0. The largest absolute Gasteiger partial charge is 0.250 e. The van der Waals surface area contributed by atoms with E-state index < -0.39 is 9.73 Å². The van der Waals surface area contributed by atoms with Crippen molar-refractivity contribution in [3.8, 4) is 0 Å². The Kier molecular flexibility index (Phi) is 4.48. The Morgan fingerprint density at radius 1 is 1.31 bits per heavy atom. The van der Waals surface area contributed by atoms with E-state index in [0.717, 1.165) is 18.8 Å². The Morgan fingerprint density at radius 3 is 2.23 bits per heavy atom. The molecule has 0 bridgehead atoms. The molecule has 0 atom stereocenters. The first-order chi connectivity index (χ1) is 6.01. The second-order valence-corrected chi connectivity index (χ2v) is 7.57. The minimum Gasteiger partial charge on any atom is -0.250 e. The molecule has 78 valence electrons. The molecule has 1 aliphatic carbocycles. The Labute approximate surface area is 95.2 Å². The molecule has 1 aliphatic rings. The van der Waals surface area contributed by atoms with Crippen molar-refractivity contribution < 1.29 is 4.21 Å². The van der Waals surface area contributed by atoms with Crippen LogP contribution in [0.2, 0.25) is 0 Å². The van der Waals surface area contributed by atoms with E-state index >= 15 is 0 Å². The van der Waals surface area contributed by atoms with Gasteiger partial charge in [0.05, 0.1) is 6.04 Å². The lowest BCUT2D eigenvalue weighted by Gasteiger charge is -2.24. The quantitative estimate of drug-likeness (QED) is 0.569. The molecular formula is C9H18INOS. The van der Waals surface area contributed by atoms with E-state index in [9.17, 15) is 4.21 Å². The lowest BCUT2D eigenvalue weighted by Crippen LogP contribution is -2.19. The van der Waals surface area contributed by atoms with Crippen LogP contribution >= 0.6 is 22.6 Å². The first-order valence-electron chi connectivity index (χ1n) is 4.73. The SMILES string of the molecule is CS(C)(=O)=NC1CCC(CI)CC1. The van der Waals surface area contributed by atoms with Crippen molar-refractivity contribution in [1.29, 1.82) is 0 Å². The Morgan fingerprint density at radius 2 is 1.85 bits per heavy atom. The summed E-state index contributed by atoms with van der Waals surface area (Å²) in [5.74, 6) is 0.886. The minimum absolute atomic E-state index is 0.377. The van der Waals surface area contributed by atoms with Gasteiger partial charge in [-0.05, 0) is 31.6 Å². The summed E-state index contributed by atoms with van der Waals surface area (Å²) in [6, 6.07) is 0.377. The van der Waals surface area contributed by atoms with E-state index in [1.165, 1.54) is 17.3 Å². The van der Waals surface area contributed by atoms with Gasteiger partial charge >= 0.3 is 0 Å². The van der Waals surface area contributed by atoms with Crippen LogP contribution in [-0.4, -0.2) is 27.2 Å². The first-order valence-corrected chi connectivity index (χ1v) is 8.59. The van der Waals surface area contributed by atoms with Gasteiger partial charge in [-0.15, -0.1) is 0 Å². The average molecular weight is 315 g/mol. The van der Waals surface area contributed by atoms with Crippen LogP contribution in [0.5, 0.6) is 0 Å². The number of alkyl halides is 1. The monoisotopic (exact) mass is 315 g/mol. The summed E-state index contributed by atoms with van der Waals surface area (Å²) in [5, 5.41) is 0. The third-order valence-electron chi connectivity index (χ3n) is 2.44. The molecule has 0 N–H and O–H groups in total. The Hall–Kier alpha value is 0.680. The predicted molar refractivity (Wildman–Crippen MR) is 67.1 cm³/mol. The van der Waals surface area contributed by atoms with E-state index in [0.29, 0.717) is 6.04 Å². The van der Waals surface area contributed by atoms with Crippen molar-refractivity contribution in [3.63, 3.8) is 0 Å². The maximum atomic E-state index is 11.4. The van der Waals surface area contributed by atoms with Crippen molar-refractivity contribution in [1.82, 2.24) is 0 Å². The molecular weight excluding hydrogens is 297 g/mol. The van der Waals surface area contributed by atoms with E-state index in [1.54, 1.807) is 12.5 Å². The topological polar surface area (TPSA) is 29.4 Å². The zero-order valence-electron chi connectivity index (χ0n) is 8.33. The van der Waals surface area contributed by atoms with Crippen molar-refractivity contribution in [2.24, 2.45) is 10.3 Å². The fourth-order valence-corrected chi connectivity index (χ4v) is 3.57. The van der Waals surface area contributed by atoms with Crippen LogP contribution in [0.3, 0.4) is 0 Å². The van der Waals surface area contributed by atoms with Gasteiger partial charge in [-0.1, -0.05) is 22.6 Å². The second kappa shape index (κ2) is 4.96. The van der Waals surface area contributed by atoms with Crippen molar-refractivity contribution in [3.05, 3.63) is 0 Å². The van der Waals surface area contributed by atoms with Gasteiger partial charge in [-0.25, -0.2) is 4.36 Å². The highest BCUT2D eigenvalue weighted by Gasteiger charge is 2.20. The van der Waals surface area contributed by atoms with E-state index in [2.05, 4.69) is 27.0 Å². The van der Waals surface area contributed by atoms with Crippen LogP contribution in [0.25, 0.3) is 0 Å². The molecule has 0 aliphatic heterocycles. The number of rotatable bonds is 2. The lowest BCUT2D eigenvalue weighted by molar-refractivity contribution is 0.358. The Bertz CT molecular complexity index is 255. The standard InChI is InChI=1S/C9H18INOS/c1-13(2,12)11-9-5-3-8(7-10)4-6-9/h8-9H,3-7H2,1-2H3. The van der Waals surface area contributed by atoms with Crippen molar-refractivity contribution >= 4 is 32.3 Å². The Balaban J connectivity index is 2.47. The van der Waals surface area contributed by atoms with Gasteiger partial charge in [-0.3, -0.25) is 4.21 Å². The highest BCUT2D eigenvalue weighted by Crippen LogP contribution is 2.27. The molecule has 1 saturated carbocycles.